The third-order valence-electron chi connectivity index (χ3n) is 7.65. The second-order valence-corrected chi connectivity index (χ2v) is 10.4. The molecule has 2 amide bonds. The number of benzene rings is 2. The van der Waals surface area contributed by atoms with Gasteiger partial charge in [0.25, 0.3) is 0 Å². The molecule has 2 aromatic rings. The van der Waals surface area contributed by atoms with Crippen molar-refractivity contribution >= 4 is 12.0 Å². The average Bonchev–Trinajstić information content (AvgIpc) is 3.43. The van der Waals surface area contributed by atoms with Crippen LogP contribution in [0.3, 0.4) is 0 Å². The highest BCUT2D eigenvalue weighted by atomic mass is 16.7. The summed E-state index contributed by atoms with van der Waals surface area (Å²) in [5, 5.41) is 24.5. The first kappa shape index (κ1) is 30.0. The summed E-state index contributed by atoms with van der Waals surface area (Å²) < 4.78 is 17.9. The van der Waals surface area contributed by atoms with Crippen molar-refractivity contribution in [2.75, 3.05) is 32.8 Å². The zero-order chi connectivity index (χ0) is 28.5. The van der Waals surface area contributed by atoms with E-state index >= 15 is 0 Å². The fourth-order valence-electron chi connectivity index (χ4n) is 5.30. The van der Waals surface area contributed by atoms with E-state index in [0.29, 0.717) is 6.54 Å². The van der Waals surface area contributed by atoms with Gasteiger partial charge in [0.1, 0.15) is 6.54 Å². The number of esters is 1. The number of aliphatic hydroxyl groups is 2. The number of amides is 2. The minimum Gasteiger partial charge on any atom is -0.465 e. The van der Waals surface area contributed by atoms with Crippen molar-refractivity contribution in [2.45, 2.75) is 64.4 Å². The number of rotatable bonds is 11. The van der Waals surface area contributed by atoms with E-state index in [2.05, 4.69) is 22.5 Å². The Morgan fingerprint density at radius 3 is 2.38 bits per heavy atom. The monoisotopic (exact) mass is 555 g/mol. The highest BCUT2D eigenvalue weighted by Crippen LogP contribution is 2.42. The van der Waals surface area contributed by atoms with Crippen molar-refractivity contribution in [3.8, 4) is 0 Å². The van der Waals surface area contributed by atoms with Crippen molar-refractivity contribution in [2.24, 2.45) is 5.92 Å². The lowest BCUT2D eigenvalue weighted by molar-refractivity contribution is -0.276. The maximum atomic E-state index is 12.0. The topological polar surface area (TPSA) is 130 Å². The summed E-state index contributed by atoms with van der Waals surface area (Å²) in [7, 11) is 0. The van der Waals surface area contributed by atoms with Crippen molar-refractivity contribution in [3.05, 3.63) is 70.8 Å². The molecule has 10 nitrogen and oxygen atoms in total. The molecule has 5 atom stereocenters. The van der Waals surface area contributed by atoms with E-state index in [1.54, 1.807) is 6.92 Å². The van der Waals surface area contributed by atoms with Gasteiger partial charge >= 0.3 is 12.0 Å². The van der Waals surface area contributed by atoms with Crippen molar-refractivity contribution in [1.29, 1.82) is 0 Å². The Labute approximate surface area is 235 Å². The van der Waals surface area contributed by atoms with Crippen molar-refractivity contribution in [1.82, 2.24) is 15.5 Å². The molecule has 2 fully saturated rings. The molecule has 2 heterocycles. The number of carbonyl (C=O) groups excluding carboxylic acids is 2. The van der Waals surface area contributed by atoms with E-state index < -0.39 is 18.3 Å². The molecule has 0 aliphatic carbocycles. The van der Waals surface area contributed by atoms with Gasteiger partial charge in [-0.3, -0.25) is 9.69 Å². The second-order valence-electron chi connectivity index (χ2n) is 10.4. The van der Waals surface area contributed by atoms with Crippen LogP contribution >= 0.6 is 0 Å². The average molecular weight is 556 g/mol. The minimum absolute atomic E-state index is 0.0124. The van der Waals surface area contributed by atoms with Crippen LogP contribution in [-0.4, -0.2) is 72.1 Å². The molecule has 218 valence electrons. The first-order valence-electron chi connectivity index (χ1n) is 14.0. The quantitative estimate of drug-likeness (QED) is 0.312. The van der Waals surface area contributed by atoms with Gasteiger partial charge in [0.2, 0.25) is 0 Å². The van der Waals surface area contributed by atoms with Crippen LogP contribution in [0.2, 0.25) is 0 Å². The van der Waals surface area contributed by atoms with Crippen LogP contribution in [0, 0.1) is 5.92 Å². The normalized spacial score (nSPS) is 24.9. The van der Waals surface area contributed by atoms with E-state index in [1.165, 1.54) is 0 Å². The van der Waals surface area contributed by atoms with E-state index in [1.807, 2.05) is 48.5 Å². The Hall–Kier alpha value is -3.02. The maximum Gasteiger partial charge on any atom is 0.325 e. The van der Waals surface area contributed by atoms with E-state index in [-0.39, 0.29) is 57.1 Å². The molecule has 2 aliphatic rings. The van der Waals surface area contributed by atoms with Gasteiger partial charge in [-0.15, -0.1) is 0 Å². The Morgan fingerprint density at radius 2 is 1.70 bits per heavy atom. The summed E-state index contributed by atoms with van der Waals surface area (Å²) in [6.07, 6.45) is 1.14. The van der Waals surface area contributed by atoms with Crippen LogP contribution in [0.4, 0.5) is 4.79 Å². The Morgan fingerprint density at radius 1 is 1.00 bits per heavy atom. The molecule has 40 heavy (non-hydrogen) atoms. The molecule has 2 aromatic carbocycles. The first-order chi connectivity index (χ1) is 19.4. The SMILES string of the molecule is CCOC(=O)CNC(=O)NCc1ccc(C2OC(CN3CCCC3CO)C(C)C(c3ccc(CO)cc3)O2)cc1. The van der Waals surface area contributed by atoms with Crippen LogP contribution in [-0.2, 0) is 32.2 Å². The van der Waals surface area contributed by atoms with Crippen molar-refractivity contribution in [3.63, 3.8) is 0 Å². The molecule has 0 saturated carbocycles. The number of urea groups is 1. The van der Waals surface area contributed by atoms with Crippen LogP contribution in [0.15, 0.2) is 48.5 Å². The lowest BCUT2D eigenvalue weighted by Gasteiger charge is -2.43. The molecule has 0 radical (unpaired) electrons. The zero-order valence-electron chi connectivity index (χ0n) is 23.3. The number of likely N-dealkylation sites (tertiary alicyclic amines) is 1. The van der Waals surface area contributed by atoms with Gasteiger partial charge in [0.05, 0.1) is 32.0 Å². The molecule has 4 N–H and O–H groups in total. The molecule has 0 bridgehead atoms. The minimum atomic E-state index is -0.589. The first-order valence-corrected chi connectivity index (χ1v) is 14.0. The summed E-state index contributed by atoms with van der Waals surface area (Å²) in [5.74, 6) is -0.422. The molecule has 10 heteroatoms. The Bertz CT molecular complexity index is 1100. The fraction of sp³-hybridized carbons (Fsp3) is 0.533. The van der Waals surface area contributed by atoms with Gasteiger partial charge in [-0.2, -0.15) is 0 Å². The smallest absolute Gasteiger partial charge is 0.325 e. The second kappa shape index (κ2) is 14.6. The van der Waals surface area contributed by atoms with Gasteiger partial charge in [0.15, 0.2) is 6.29 Å². The molecule has 0 aromatic heterocycles. The van der Waals surface area contributed by atoms with Gasteiger partial charge in [0, 0.05) is 30.6 Å². The summed E-state index contributed by atoms with van der Waals surface area (Å²) in [5.41, 5.74) is 3.62. The third kappa shape index (κ3) is 7.80. The fourth-order valence-corrected chi connectivity index (χ4v) is 5.30. The Kier molecular flexibility index (Phi) is 10.9. The number of carbonyl (C=O) groups is 2. The molecular weight excluding hydrogens is 514 g/mol. The highest BCUT2D eigenvalue weighted by Gasteiger charge is 2.40. The third-order valence-corrected chi connectivity index (χ3v) is 7.65. The number of nitrogens with zero attached hydrogens (tertiary/aromatic N) is 1. The summed E-state index contributed by atoms with van der Waals surface area (Å²) in [4.78, 5) is 25.7. The number of aliphatic hydroxyl groups excluding tert-OH is 2. The molecule has 2 aliphatic heterocycles. The number of hydrogen-bond acceptors (Lipinski definition) is 8. The van der Waals surface area contributed by atoms with E-state index in [4.69, 9.17) is 14.2 Å². The summed E-state index contributed by atoms with van der Waals surface area (Å²) >= 11 is 0. The van der Waals surface area contributed by atoms with E-state index in [9.17, 15) is 19.8 Å². The van der Waals surface area contributed by atoms with Crippen LogP contribution in [0.5, 0.6) is 0 Å². The number of ether oxygens (including phenoxy) is 3. The lowest BCUT2D eigenvalue weighted by atomic mass is 9.90. The van der Waals surface area contributed by atoms with Gasteiger partial charge in [-0.05, 0) is 43.0 Å². The van der Waals surface area contributed by atoms with Crippen LogP contribution in [0.25, 0.3) is 0 Å². The van der Waals surface area contributed by atoms with Gasteiger partial charge < -0.3 is 35.1 Å². The molecule has 4 rings (SSSR count). The van der Waals surface area contributed by atoms with Gasteiger partial charge in [-0.25, -0.2) is 4.79 Å². The van der Waals surface area contributed by atoms with E-state index in [0.717, 1.165) is 41.6 Å². The molecule has 2 saturated heterocycles. The standard InChI is InChI=1S/C30H41N3O7/c1-3-38-27(36)16-32-30(37)31-15-21-6-12-24(13-7-21)29-39-26(17-33-14-4-5-25(33)19-35)20(2)28(40-29)23-10-8-22(18-34)9-11-23/h6-13,20,25-26,28-29,34-35H,3-5,14-19H2,1-2H3,(H2,31,32,37). The largest absolute Gasteiger partial charge is 0.465 e. The maximum absolute atomic E-state index is 12.0. The Balaban J connectivity index is 1.43. The predicted molar refractivity (Wildman–Crippen MR) is 148 cm³/mol. The highest BCUT2D eigenvalue weighted by molar-refractivity contribution is 5.80. The number of hydrogen-bond donors (Lipinski definition) is 4. The number of nitrogens with one attached hydrogen (secondary N) is 2. The van der Waals surface area contributed by atoms with Crippen LogP contribution in [0.1, 0.15) is 61.3 Å². The van der Waals surface area contributed by atoms with Crippen LogP contribution < -0.4 is 10.6 Å². The summed E-state index contributed by atoms with van der Waals surface area (Å²) in [6, 6.07) is 15.2. The molecule has 5 unspecified atom stereocenters. The zero-order valence-corrected chi connectivity index (χ0v) is 23.3. The molecule has 0 spiro atoms. The van der Waals surface area contributed by atoms with Crippen molar-refractivity contribution < 1.29 is 34.0 Å². The predicted octanol–water partition coefficient (Wildman–Crippen LogP) is 2.79. The summed E-state index contributed by atoms with van der Waals surface area (Å²) in [6.45, 7) is 5.99. The van der Waals surface area contributed by atoms with Gasteiger partial charge in [-0.1, -0.05) is 55.5 Å². The molecular formula is C30H41N3O7. The lowest BCUT2D eigenvalue weighted by Crippen LogP contribution is -2.46.